The summed E-state index contributed by atoms with van der Waals surface area (Å²) < 4.78 is 31.3. The molecular formula is C11H14F2N2O2. The van der Waals surface area contributed by atoms with Gasteiger partial charge in [0.15, 0.2) is 17.4 Å². The minimum Gasteiger partial charge on any atom is -0.494 e. The summed E-state index contributed by atoms with van der Waals surface area (Å²) in [6, 6.07) is 1.79. The molecule has 1 aromatic rings. The number of carbonyl (C=O) groups excluding carboxylic acids is 1. The van der Waals surface area contributed by atoms with Crippen molar-refractivity contribution >= 4 is 11.6 Å². The number of rotatable bonds is 5. The third kappa shape index (κ3) is 3.67. The van der Waals surface area contributed by atoms with Gasteiger partial charge in [-0.25, -0.2) is 8.78 Å². The van der Waals surface area contributed by atoms with Crippen LogP contribution in [0.3, 0.4) is 0 Å². The van der Waals surface area contributed by atoms with Crippen LogP contribution in [0.5, 0.6) is 5.75 Å². The van der Waals surface area contributed by atoms with E-state index < -0.39 is 11.6 Å². The smallest absolute Gasteiger partial charge is 0.225 e. The lowest BCUT2D eigenvalue weighted by Gasteiger charge is -2.08. The lowest BCUT2D eigenvalue weighted by Crippen LogP contribution is -2.19. The first-order chi connectivity index (χ1) is 8.08. The van der Waals surface area contributed by atoms with Crippen LogP contribution in [0.15, 0.2) is 12.1 Å². The minimum absolute atomic E-state index is 0.184. The summed E-state index contributed by atoms with van der Waals surface area (Å²) in [5, 5.41) is 5.07. The molecule has 17 heavy (non-hydrogen) atoms. The molecule has 0 heterocycles. The number of amides is 1. The molecule has 0 aromatic heterocycles. The molecule has 0 radical (unpaired) electrons. The molecule has 0 atom stereocenters. The molecule has 0 bridgehead atoms. The Kier molecular flexibility index (Phi) is 4.84. The van der Waals surface area contributed by atoms with Crippen molar-refractivity contribution < 1.29 is 18.3 Å². The highest BCUT2D eigenvalue weighted by molar-refractivity contribution is 5.91. The van der Waals surface area contributed by atoms with Crippen molar-refractivity contribution in [2.45, 2.75) is 6.42 Å². The Morgan fingerprint density at radius 3 is 2.65 bits per heavy atom. The van der Waals surface area contributed by atoms with Gasteiger partial charge in [0, 0.05) is 25.1 Å². The van der Waals surface area contributed by atoms with Crippen LogP contribution in [0.25, 0.3) is 0 Å². The number of carbonyl (C=O) groups is 1. The molecule has 0 aliphatic carbocycles. The van der Waals surface area contributed by atoms with E-state index in [2.05, 4.69) is 15.4 Å². The van der Waals surface area contributed by atoms with E-state index in [1.165, 1.54) is 7.11 Å². The molecular weight excluding hydrogens is 230 g/mol. The molecule has 1 aromatic carbocycles. The van der Waals surface area contributed by atoms with Crippen molar-refractivity contribution in [3.05, 3.63) is 23.8 Å². The summed E-state index contributed by atoms with van der Waals surface area (Å²) in [5.41, 5.74) is -0.190. The Bertz CT molecular complexity index is 411. The quantitative estimate of drug-likeness (QED) is 0.825. The second-order valence-electron chi connectivity index (χ2n) is 3.37. The summed E-state index contributed by atoms with van der Waals surface area (Å²) in [6.45, 7) is 0.464. The van der Waals surface area contributed by atoms with Crippen LogP contribution in [0.2, 0.25) is 0 Å². The Morgan fingerprint density at radius 1 is 1.35 bits per heavy atom. The van der Waals surface area contributed by atoms with E-state index in [0.717, 1.165) is 12.1 Å². The van der Waals surface area contributed by atoms with Crippen LogP contribution in [-0.2, 0) is 4.79 Å². The molecule has 0 unspecified atom stereocenters. The zero-order valence-corrected chi connectivity index (χ0v) is 9.64. The van der Waals surface area contributed by atoms with Gasteiger partial charge in [-0.15, -0.1) is 0 Å². The van der Waals surface area contributed by atoms with Crippen LogP contribution < -0.4 is 15.4 Å². The maximum atomic E-state index is 13.4. The van der Waals surface area contributed by atoms with Gasteiger partial charge in [0.1, 0.15) is 0 Å². The largest absolute Gasteiger partial charge is 0.494 e. The molecule has 6 heteroatoms. The molecule has 4 nitrogen and oxygen atoms in total. The van der Waals surface area contributed by atoms with Gasteiger partial charge in [0.05, 0.1) is 12.8 Å². The standard InChI is InChI=1S/C11H14F2N2O2/c1-14-4-3-11(16)15-9-5-8(13)10(17-2)6-7(9)12/h5-6,14H,3-4H2,1-2H3,(H,15,16). The van der Waals surface area contributed by atoms with Gasteiger partial charge >= 0.3 is 0 Å². The molecule has 0 aliphatic rings. The number of hydrogen-bond acceptors (Lipinski definition) is 3. The van der Waals surface area contributed by atoms with Gasteiger partial charge in [-0.3, -0.25) is 4.79 Å². The van der Waals surface area contributed by atoms with Crippen molar-refractivity contribution in [2.75, 3.05) is 26.0 Å². The summed E-state index contributed by atoms with van der Waals surface area (Å²) in [6.07, 6.45) is 0.184. The van der Waals surface area contributed by atoms with Gasteiger partial charge in [-0.05, 0) is 7.05 Å². The highest BCUT2D eigenvalue weighted by Gasteiger charge is 2.12. The topological polar surface area (TPSA) is 50.4 Å². The van der Waals surface area contributed by atoms with Crippen LogP contribution in [0.4, 0.5) is 14.5 Å². The average Bonchev–Trinajstić information content (AvgIpc) is 2.30. The lowest BCUT2D eigenvalue weighted by atomic mass is 10.2. The van der Waals surface area contributed by atoms with Crippen molar-refractivity contribution in [3.63, 3.8) is 0 Å². The number of methoxy groups -OCH3 is 1. The summed E-state index contributed by atoms with van der Waals surface area (Å²) in [4.78, 5) is 11.3. The molecule has 2 N–H and O–H groups in total. The fourth-order valence-corrected chi connectivity index (χ4v) is 1.23. The number of anilines is 1. The number of halogens is 2. The normalized spacial score (nSPS) is 10.1. The molecule has 0 aliphatic heterocycles. The van der Waals surface area contributed by atoms with E-state index in [1.54, 1.807) is 7.05 Å². The second-order valence-corrected chi connectivity index (χ2v) is 3.37. The Balaban J connectivity index is 2.78. The first-order valence-corrected chi connectivity index (χ1v) is 5.06. The lowest BCUT2D eigenvalue weighted by molar-refractivity contribution is -0.116. The van der Waals surface area contributed by atoms with Crippen LogP contribution >= 0.6 is 0 Å². The van der Waals surface area contributed by atoms with Gasteiger partial charge in [-0.2, -0.15) is 0 Å². The third-order valence-electron chi connectivity index (χ3n) is 2.12. The van der Waals surface area contributed by atoms with Crippen LogP contribution in [-0.4, -0.2) is 26.6 Å². The first-order valence-electron chi connectivity index (χ1n) is 5.06. The first kappa shape index (κ1) is 13.4. The van der Waals surface area contributed by atoms with Gasteiger partial charge in [0.25, 0.3) is 0 Å². The summed E-state index contributed by atoms with van der Waals surface area (Å²) in [7, 11) is 2.93. The fraction of sp³-hybridized carbons (Fsp3) is 0.364. The third-order valence-corrected chi connectivity index (χ3v) is 2.12. The van der Waals surface area contributed by atoms with Crippen LogP contribution in [0, 0.1) is 11.6 Å². The van der Waals surface area contributed by atoms with E-state index >= 15 is 0 Å². The molecule has 0 saturated carbocycles. The minimum atomic E-state index is -0.735. The maximum Gasteiger partial charge on any atom is 0.225 e. The second kappa shape index (κ2) is 6.15. The predicted octanol–water partition coefficient (Wildman–Crippen LogP) is 1.52. The van der Waals surface area contributed by atoms with Crippen molar-refractivity contribution in [1.29, 1.82) is 0 Å². The van der Waals surface area contributed by atoms with E-state index in [0.29, 0.717) is 6.54 Å². The number of benzene rings is 1. The Morgan fingerprint density at radius 2 is 2.06 bits per heavy atom. The zero-order valence-electron chi connectivity index (χ0n) is 9.64. The van der Waals surface area contributed by atoms with Gasteiger partial charge in [-0.1, -0.05) is 0 Å². The summed E-state index contributed by atoms with van der Waals surface area (Å²) >= 11 is 0. The Labute approximate surface area is 98.0 Å². The maximum absolute atomic E-state index is 13.4. The number of nitrogens with one attached hydrogen (secondary N) is 2. The SMILES string of the molecule is CNCCC(=O)Nc1cc(F)c(OC)cc1F. The van der Waals surface area contributed by atoms with Crippen LogP contribution in [0.1, 0.15) is 6.42 Å². The van der Waals surface area contributed by atoms with Crippen molar-refractivity contribution in [1.82, 2.24) is 5.32 Å². The van der Waals surface area contributed by atoms with Crippen molar-refractivity contribution in [2.24, 2.45) is 0 Å². The monoisotopic (exact) mass is 244 g/mol. The van der Waals surface area contributed by atoms with E-state index in [9.17, 15) is 13.6 Å². The molecule has 0 saturated heterocycles. The van der Waals surface area contributed by atoms with E-state index in [4.69, 9.17) is 0 Å². The highest BCUT2D eigenvalue weighted by atomic mass is 19.1. The molecule has 0 spiro atoms. The fourth-order valence-electron chi connectivity index (χ4n) is 1.23. The average molecular weight is 244 g/mol. The number of hydrogen-bond donors (Lipinski definition) is 2. The molecule has 94 valence electrons. The molecule has 1 amide bonds. The van der Waals surface area contributed by atoms with E-state index in [1.807, 2.05) is 0 Å². The predicted molar refractivity (Wildman–Crippen MR) is 60.1 cm³/mol. The summed E-state index contributed by atoms with van der Waals surface area (Å²) in [5.74, 6) is -2.04. The zero-order chi connectivity index (χ0) is 12.8. The molecule has 1 rings (SSSR count). The highest BCUT2D eigenvalue weighted by Crippen LogP contribution is 2.24. The Hall–Kier alpha value is -1.69. The van der Waals surface area contributed by atoms with Crippen molar-refractivity contribution in [3.8, 4) is 5.75 Å². The number of ether oxygens (including phenoxy) is 1. The van der Waals surface area contributed by atoms with E-state index in [-0.39, 0.29) is 23.8 Å². The molecule has 0 fully saturated rings. The van der Waals surface area contributed by atoms with Gasteiger partial charge in [0.2, 0.25) is 5.91 Å². The van der Waals surface area contributed by atoms with Gasteiger partial charge < -0.3 is 15.4 Å².